The molecule has 9 nitrogen and oxygen atoms in total. The second-order valence-corrected chi connectivity index (χ2v) is 11.3. The van der Waals surface area contributed by atoms with E-state index in [9.17, 15) is 19.5 Å². The number of ether oxygens (including phenoxy) is 2. The van der Waals surface area contributed by atoms with Gasteiger partial charge in [-0.3, -0.25) is 9.36 Å². The van der Waals surface area contributed by atoms with E-state index in [2.05, 4.69) is 15.9 Å². The Kier molecular flexibility index (Phi) is 8.60. The van der Waals surface area contributed by atoms with E-state index in [1.165, 1.54) is 35.1 Å². The molecule has 0 radical (unpaired) electrons. The number of carbonyl (C=O) groups excluding carboxylic acids is 1. The fourth-order valence-corrected chi connectivity index (χ4v) is 6.23. The Morgan fingerprint density at radius 1 is 1.17 bits per heavy atom. The number of methoxy groups -OCH3 is 1. The Morgan fingerprint density at radius 3 is 2.69 bits per heavy atom. The van der Waals surface area contributed by atoms with Gasteiger partial charge in [0, 0.05) is 21.7 Å². The molecule has 5 rings (SSSR count). The van der Waals surface area contributed by atoms with Crippen LogP contribution in [0.15, 0.2) is 84.5 Å². The van der Waals surface area contributed by atoms with Crippen molar-refractivity contribution in [2.75, 3.05) is 13.7 Å². The van der Waals surface area contributed by atoms with Gasteiger partial charge in [0.05, 0.1) is 35.1 Å². The van der Waals surface area contributed by atoms with Gasteiger partial charge >= 0.3 is 11.9 Å². The number of carboxylic acid groups (broad SMARTS) is 1. The molecule has 1 atom stereocenters. The molecule has 0 spiro atoms. The molecule has 2 aromatic carbocycles. The van der Waals surface area contributed by atoms with Crippen molar-refractivity contribution < 1.29 is 28.6 Å². The second kappa shape index (κ2) is 12.3. The maximum atomic E-state index is 14.0. The summed E-state index contributed by atoms with van der Waals surface area (Å²) in [5.74, 6) is -0.192. The number of carboxylic acids is 1. The first kappa shape index (κ1) is 29.3. The average molecular weight is 652 g/mol. The standard InChI is InChI=1S/C31H27BrN2O7S/c1-4-7-22-26(30(38)40-5-2)27(21-15-19(32)10-12-24(21)39-3)34-28(35)25(42-31(34)33-22)16-20-11-13-23(41-20)17-8-6-9-18(14-17)29(36)37/h6,8-16,27H,4-5,7H2,1-3H3,(H,36,37)/b25-16+/t27-/m1/s1. The fraction of sp³-hybridized carbons (Fsp3) is 0.226. The average Bonchev–Trinajstić information content (AvgIpc) is 3.57. The molecule has 2 aromatic heterocycles. The first-order valence-electron chi connectivity index (χ1n) is 13.2. The van der Waals surface area contributed by atoms with Gasteiger partial charge in [-0.25, -0.2) is 14.6 Å². The van der Waals surface area contributed by atoms with E-state index in [-0.39, 0.29) is 17.7 Å². The molecule has 0 unspecified atom stereocenters. The second-order valence-electron chi connectivity index (χ2n) is 9.39. The van der Waals surface area contributed by atoms with Gasteiger partial charge in [-0.1, -0.05) is 52.7 Å². The van der Waals surface area contributed by atoms with Crippen molar-refractivity contribution >= 4 is 45.3 Å². The van der Waals surface area contributed by atoms with Crippen LogP contribution in [-0.2, 0) is 9.53 Å². The summed E-state index contributed by atoms with van der Waals surface area (Å²) in [5, 5.41) is 9.33. The molecule has 1 aliphatic rings. The topological polar surface area (TPSA) is 120 Å². The van der Waals surface area contributed by atoms with Crippen LogP contribution in [-0.4, -0.2) is 35.3 Å². The highest BCUT2D eigenvalue weighted by atomic mass is 79.9. The van der Waals surface area contributed by atoms with E-state index in [1.807, 2.05) is 19.1 Å². The van der Waals surface area contributed by atoms with Gasteiger partial charge < -0.3 is 19.0 Å². The number of thiazole rings is 1. The van der Waals surface area contributed by atoms with Crippen LogP contribution in [0.1, 0.15) is 54.4 Å². The lowest BCUT2D eigenvalue weighted by Gasteiger charge is -2.27. The lowest BCUT2D eigenvalue weighted by molar-refractivity contribution is -0.139. The zero-order chi connectivity index (χ0) is 30.0. The summed E-state index contributed by atoms with van der Waals surface area (Å²) in [7, 11) is 1.54. The van der Waals surface area contributed by atoms with Crippen LogP contribution in [0.3, 0.4) is 0 Å². The van der Waals surface area contributed by atoms with Crippen molar-refractivity contribution in [2.45, 2.75) is 32.7 Å². The number of benzene rings is 2. The minimum atomic E-state index is -1.04. The first-order valence-corrected chi connectivity index (χ1v) is 14.9. The molecule has 1 aliphatic heterocycles. The third-order valence-corrected chi connectivity index (χ3v) is 8.15. The Hall–Kier alpha value is -4.22. The summed E-state index contributed by atoms with van der Waals surface area (Å²) in [5.41, 5.74) is 1.86. The summed E-state index contributed by atoms with van der Waals surface area (Å²) in [6.45, 7) is 3.90. The van der Waals surface area contributed by atoms with Crippen molar-refractivity contribution in [3.8, 4) is 17.1 Å². The van der Waals surface area contributed by atoms with Crippen molar-refractivity contribution in [3.05, 3.63) is 107 Å². The molecular weight excluding hydrogens is 624 g/mol. The Labute approximate surface area is 253 Å². The van der Waals surface area contributed by atoms with Gasteiger partial charge in [0.1, 0.15) is 23.3 Å². The number of esters is 1. The number of aromatic carboxylic acids is 1. The first-order chi connectivity index (χ1) is 20.2. The molecular formula is C31H27BrN2O7S. The van der Waals surface area contributed by atoms with Crippen molar-refractivity contribution in [3.63, 3.8) is 0 Å². The number of hydrogen-bond donors (Lipinski definition) is 1. The Morgan fingerprint density at radius 2 is 1.98 bits per heavy atom. The third kappa shape index (κ3) is 5.62. The lowest BCUT2D eigenvalue weighted by Crippen LogP contribution is -2.40. The highest BCUT2D eigenvalue weighted by Gasteiger charge is 2.36. The van der Waals surface area contributed by atoms with Crippen molar-refractivity contribution in [2.24, 2.45) is 4.99 Å². The summed E-state index contributed by atoms with van der Waals surface area (Å²) < 4.78 is 19.7. The molecule has 0 saturated heterocycles. The molecule has 1 N–H and O–H groups in total. The van der Waals surface area contributed by atoms with Crippen molar-refractivity contribution in [1.82, 2.24) is 4.57 Å². The minimum absolute atomic E-state index is 0.141. The molecule has 3 heterocycles. The number of allylic oxidation sites excluding steroid dienone is 1. The van der Waals surface area contributed by atoms with Crippen molar-refractivity contribution in [1.29, 1.82) is 0 Å². The zero-order valence-corrected chi connectivity index (χ0v) is 25.5. The van der Waals surface area contributed by atoms with Crippen LogP contribution in [0.4, 0.5) is 0 Å². The zero-order valence-electron chi connectivity index (χ0n) is 23.0. The van der Waals surface area contributed by atoms with E-state index in [4.69, 9.17) is 18.9 Å². The number of carbonyl (C=O) groups is 2. The van der Waals surface area contributed by atoms with Gasteiger partial charge in [0.15, 0.2) is 4.80 Å². The van der Waals surface area contributed by atoms with E-state index in [1.54, 1.807) is 43.3 Å². The number of fused-ring (bicyclic) bond motifs is 1. The van der Waals surface area contributed by atoms with Crippen LogP contribution < -0.4 is 19.6 Å². The van der Waals surface area contributed by atoms with Gasteiger partial charge in [-0.05, 0) is 55.8 Å². The molecule has 4 aromatic rings. The number of aromatic nitrogens is 1. The van der Waals surface area contributed by atoms with E-state index in [0.29, 0.717) is 55.4 Å². The van der Waals surface area contributed by atoms with Gasteiger partial charge in [-0.15, -0.1) is 0 Å². The predicted octanol–water partition coefficient (Wildman–Crippen LogP) is 5.31. The Balaban J connectivity index is 1.69. The van der Waals surface area contributed by atoms with E-state index in [0.717, 1.165) is 10.9 Å². The highest BCUT2D eigenvalue weighted by molar-refractivity contribution is 9.10. The molecule has 0 aliphatic carbocycles. The summed E-state index contributed by atoms with van der Waals surface area (Å²) >= 11 is 4.71. The fourth-order valence-electron chi connectivity index (χ4n) is 4.85. The van der Waals surface area contributed by atoms with Gasteiger partial charge in [0.25, 0.3) is 5.56 Å². The molecule has 0 fully saturated rings. The van der Waals surface area contributed by atoms with Gasteiger partial charge in [0.2, 0.25) is 0 Å². The summed E-state index contributed by atoms with van der Waals surface area (Å²) in [4.78, 5) is 44.0. The maximum absolute atomic E-state index is 14.0. The number of halogens is 1. The van der Waals surface area contributed by atoms with Gasteiger partial charge in [-0.2, -0.15) is 0 Å². The molecule has 0 saturated carbocycles. The van der Waals surface area contributed by atoms with Crippen LogP contribution in [0.2, 0.25) is 0 Å². The lowest BCUT2D eigenvalue weighted by atomic mass is 9.93. The number of nitrogens with zero attached hydrogens (tertiary/aromatic N) is 2. The summed E-state index contributed by atoms with van der Waals surface area (Å²) in [6, 6.07) is 14.5. The number of hydrogen-bond acceptors (Lipinski definition) is 8. The smallest absolute Gasteiger partial charge is 0.338 e. The normalized spacial score (nSPS) is 14.9. The van der Waals surface area contributed by atoms with Crippen LogP contribution >= 0.6 is 27.3 Å². The third-order valence-electron chi connectivity index (χ3n) is 6.67. The molecule has 216 valence electrons. The molecule has 0 amide bonds. The largest absolute Gasteiger partial charge is 0.496 e. The Bertz CT molecular complexity index is 1900. The minimum Gasteiger partial charge on any atom is -0.496 e. The molecule has 42 heavy (non-hydrogen) atoms. The number of furan rings is 1. The quantitative estimate of drug-likeness (QED) is 0.244. The molecule has 0 bridgehead atoms. The molecule has 11 heteroatoms. The predicted molar refractivity (Wildman–Crippen MR) is 161 cm³/mol. The van der Waals surface area contributed by atoms with Crippen LogP contribution in [0, 0.1) is 0 Å². The monoisotopic (exact) mass is 650 g/mol. The maximum Gasteiger partial charge on any atom is 0.338 e. The SMILES string of the molecule is CCCC1=C(C(=O)OCC)[C@@H](c2cc(Br)ccc2OC)n2c(s/c(=C/c3ccc(-c4cccc(C(=O)O)c4)o3)c2=O)=N1. The van der Waals surface area contributed by atoms with E-state index >= 15 is 0 Å². The summed E-state index contributed by atoms with van der Waals surface area (Å²) in [6.07, 6.45) is 2.87. The van der Waals surface area contributed by atoms with E-state index < -0.39 is 18.0 Å². The highest BCUT2D eigenvalue weighted by Crippen LogP contribution is 2.38. The van der Waals surface area contributed by atoms with Crippen LogP contribution in [0.5, 0.6) is 5.75 Å². The van der Waals surface area contributed by atoms with Crippen LogP contribution in [0.25, 0.3) is 17.4 Å². The number of rotatable bonds is 9.